The monoisotopic (exact) mass is 316 g/mol. The number of halogens is 1. The van der Waals surface area contributed by atoms with E-state index >= 15 is 0 Å². The van der Waals surface area contributed by atoms with Crippen molar-refractivity contribution in [2.75, 3.05) is 11.1 Å². The van der Waals surface area contributed by atoms with Crippen molar-refractivity contribution in [3.05, 3.63) is 18.6 Å². The van der Waals surface area contributed by atoms with Crippen LogP contribution >= 0.6 is 27.7 Å². The predicted molar refractivity (Wildman–Crippen MR) is 78.9 cm³/mol. The molecule has 4 heteroatoms. The maximum absolute atomic E-state index is 4.19. The van der Waals surface area contributed by atoms with E-state index in [1.807, 2.05) is 17.8 Å². The normalized spacial score (nSPS) is 10.6. The summed E-state index contributed by atoms with van der Waals surface area (Å²) >= 11 is 5.30. The van der Waals surface area contributed by atoms with Gasteiger partial charge >= 0.3 is 0 Å². The van der Waals surface area contributed by atoms with Crippen molar-refractivity contribution in [3.63, 3.8) is 0 Å². The van der Waals surface area contributed by atoms with Gasteiger partial charge in [0.2, 0.25) is 0 Å². The number of rotatable bonds is 10. The molecule has 1 aromatic heterocycles. The molecule has 1 rings (SSSR count). The third kappa shape index (κ3) is 8.61. The van der Waals surface area contributed by atoms with Crippen LogP contribution in [0.3, 0.4) is 0 Å². The maximum Gasteiger partial charge on any atom is 0.116 e. The third-order valence-corrected chi connectivity index (χ3v) is 4.17. The van der Waals surface area contributed by atoms with Gasteiger partial charge < -0.3 is 0 Å². The van der Waals surface area contributed by atoms with Crippen LogP contribution in [0.4, 0.5) is 0 Å². The maximum atomic E-state index is 4.19. The van der Waals surface area contributed by atoms with Crippen LogP contribution in [0.2, 0.25) is 0 Å². The molecule has 17 heavy (non-hydrogen) atoms. The second-order valence-corrected chi connectivity index (χ2v) is 5.97. The highest BCUT2D eigenvalue weighted by molar-refractivity contribution is 9.09. The zero-order valence-corrected chi connectivity index (χ0v) is 12.7. The summed E-state index contributed by atoms with van der Waals surface area (Å²) in [6.07, 6.45) is 12.9. The first kappa shape index (κ1) is 15.0. The van der Waals surface area contributed by atoms with Gasteiger partial charge in [0.05, 0.1) is 5.03 Å². The Kier molecular flexibility index (Phi) is 9.71. The molecule has 1 heterocycles. The Bertz CT molecular complexity index is 269. The number of thioether (sulfide) groups is 1. The Morgan fingerprint density at radius 1 is 1.00 bits per heavy atom. The minimum absolute atomic E-state index is 1.09. The van der Waals surface area contributed by atoms with Crippen LogP contribution in [0.1, 0.15) is 44.9 Å². The Morgan fingerprint density at radius 2 is 1.71 bits per heavy atom. The minimum atomic E-state index is 1.09. The minimum Gasteiger partial charge on any atom is -0.245 e. The fourth-order valence-electron chi connectivity index (χ4n) is 1.62. The topological polar surface area (TPSA) is 25.8 Å². The van der Waals surface area contributed by atoms with E-state index in [0.717, 1.165) is 10.4 Å². The van der Waals surface area contributed by atoms with Crippen LogP contribution in [0.25, 0.3) is 0 Å². The van der Waals surface area contributed by atoms with Crippen molar-refractivity contribution in [1.82, 2.24) is 9.97 Å². The van der Waals surface area contributed by atoms with E-state index in [9.17, 15) is 0 Å². The van der Waals surface area contributed by atoms with Crippen LogP contribution < -0.4 is 0 Å². The summed E-state index contributed by atoms with van der Waals surface area (Å²) in [4.78, 5) is 8.10. The summed E-state index contributed by atoms with van der Waals surface area (Å²) in [5.74, 6) is 1.18. The van der Waals surface area contributed by atoms with Gasteiger partial charge in [0, 0.05) is 11.5 Å². The lowest BCUT2D eigenvalue weighted by Gasteiger charge is -2.01. The van der Waals surface area contributed by atoms with Gasteiger partial charge in [-0.3, -0.25) is 0 Å². The number of hydrogen-bond acceptors (Lipinski definition) is 3. The van der Waals surface area contributed by atoms with E-state index in [1.54, 1.807) is 12.5 Å². The number of alkyl halides is 1. The van der Waals surface area contributed by atoms with Gasteiger partial charge in [0.15, 0.2) is 0 Å². The molecule has 2 nitrogen and oxygen atoms in total. The lowest BCUT2D eigenvalue weighted by molar-refractivity contribution is 0.606. The highest BCUT2D eigenvalue weighted by Gasteiger charge is 1.95. The van der Waals surface area contributed by atoms with Crippen molar-refractivity contribution in [2.45, 2.75) is 50.0 Å². The fourth-order valence-corrected chi connectivity index (χ4v) is 2.85. The number of nitrogens with zero attached hydrogens (tertiary/aromatic N) is 2. The van der Waals surface area contributed by atoms with E-state index < -0.39 is 0 Å². The second-order valence-electron chi connectivity index (χ2n) is 4.06. The molecule has 0 saturated heterocycles. The molecule has 0 fully saturated rings. The van der Waals surface area contributed by atoms with E-state index in [1.165, 1.54) is 50.7 Å². The summed E-state index contributed by atoms with van der Waals surface area (Å²) in [5.41, 5.74) is 0. The second kappa shape index (κ2) is 11.0. The standard InChI is InChI=1S/C13H21BrN2S/c14-9-6-4-2-1-3-5-7-11-17-13-8-10-15-12-16-13/h8,10,12H,1-7,9,11H2. The summed E-state index contributed by atoms with van der Waals surface area (Å²) < 4.78 is 0. The van der Waals surface area contributed by atoms with Crippen molar-refractivity contribution in [3.8, 4) is 0 Å². The van der Waals surface area contributed by atoms with Gasteiger partial charge in [-0.2, -0.15) is 0 Å². The molecule has 0 bridgehead atoms. The number of aromatic nitrogens is 2. The lowest BCUT2D eigenvalue weighted by Crippen LogP contribution is -1.85. The fraction of sp³-hybridized carbons (Fsp3) is 0.692. The molecular weight excluding hydrogens is 296 g/mol. The molecule has 0 aromatic carbocycles. The Labute approximate surface area is 117 Å². The van der Waals surface area contributed by atoms with Crippen molar-refractivity contribution >= 4 is 27.7 Å². The van der Waals surface area contributed by atoms with Crippen LogP contribution in [-0.4, -0.2) is 21.1 Å². The smallest absolute Gasteiger partial charge is 0.116 e. The Morgan fingerprint density at radius 3 is 2.35 bits per heavy atom. The zero-order valence-electron chi connectivity index (χ0n) is 10.3. The molecule has 0 unspecified atom stereocenters. The largest absolute Gasteiger partial charge is 0.245 e. The van der Waals surface area contributed by atoms with Gasteiger partial charge in [-0.25, -0.2) is 9.97 Å². The Balaban J connectivity index is 1.85. The molecule has 0 aliphatic carbocycles. The van der Waals surface area contributed by atoms with E-state index in [0.29, 0.717) is 0 Å². The predicted octanol–water partition coefficient (Wildman–Crippen LogP) is 4.69. The molecule has 96 valence electrons. The molecule has 0 aliphatic heterocycles. The molecule has 0 radical (unpaired) electrons. The molecule has 0 saturated carbocycles. The molecular formula is C13H21BrN2S. The molecule has 0 amide bonds. The molecule has 1 aromatic rings. The van der Waals surface area contributed by atoms with Crippen molar-refractivity contribution < 1.29 is 0 Å². The quantitative estimate of drug-likeness (QED) is 0.271. The van der Waals surface area contributed by atoms with E-state index in [2.05, 4.69) is 25.9 Å². The zero-order chi connectivity index (χ0) is 12.2. The van der Waals surface area contributed by atoms with Gasteiger partial charge in [0.25, 0.3) is 0 Å². The molecule has 0 spiro atoms. The summed E-state index contributed by atoms with van der Waals surface area (Å²) in [5, 5.41) is 2.25. The van der Waals surface area contributed by atoms with E-state index in [4.69, 9.17) is 0 Å². The molecule has 0 N–H and O–H groups in total. The van der Waals surface area contributed by atoms with Gasteiger partial charge in [-0.05, 0) is 24.7 Å². The first-order chi connectivity index (χ1) is 8.43. The first-order valence-electron chi connectivity index (χ1n) is 6.38. The van der Waals surface area contributed by atoms with Crippen molar-refractivity contribution in [1.29, 1.82) is 0 Å². The summed E-state index contributed by atoms with van der Waals surface area (Å²) in [6, 6.07) is 1.98. The SMILES string of the molecule is BrCCCCCCCCCSc1ccncn1. The first-order valence-corrected chi connectivity index (χ1v) is 8.49. The Hall–Kier alpha value is -0.0900. The summed E-state index contributed by atoms with van der Waals surface area (Å²) in [6.45, 7) is 0. The van der Waals surface area contributed by atoms with Crippen LogP contribution in [-0.2, 0) is 0 Å². The third-order valence-electron chi connectivity index (χ3n) is 2.58. The number of hydrogen-bond donors (Lipinski definition) is 0. The van der Waals surface area contributed by atoms with Crippen molar-refractivity contribution in [2.24, 2.45) is 0 Å². The van der Waals surface area contributed by atoms with Gasteiger partial charge in [-0.15, -0.1) is 11.8 Å². The number of unbranched alkanes of at least 4 members (excludes halogenated alkanes) is 6. The van der Waals surface area contributed by atoms with Gasteiger partial charge in [-0.1, -0.05) is 48.0 Å². The molecule has 0 atom stereocenters. The highest BCUT2D eigenvalue weighted by Crippen LogP contribution is 2.16. The highest BCUT2D eigenvalue weighted by atomic mass is 79.9. The average molecular weight is 317 g/mol. The van der Waals surface area contributed by atoms with E-state index in [-0.39, 0.29) is 0 Å². The molecule has 0 aliphatic rings. The van der Waals surface area contributed by atoms with Crippen LogP contribution in [0.5, 0.6) is 0 Å². The lowest BCUT2D eigenvalue weighted by atomic mass is 10.1. The summed E-state index contributed by atoms with van der Waals surface area (Å²) in [7, 11) is 0. The van der Waals surface area contributed by atoms with Gasteiger partial charge in [0.1, 0.15) is 6.33 Å². The van der Waals surface area contributed by atoms with Crippen LogP contribution in [0.15, 0.2) is 23.6 Å². The van der Waals surface area contributed by atoms with Crippen LogP contribution in [0, 0.1) is 0 Å². The average Bonchev–Trinajstić information content (AvgIpc) is 2.38.